The summed E-state index contributed by atoms with van der Waals surface area (Å²) in [6.07, 6.45) is 6.83. The van der Waals surface area contributed by atoms with Crippen molar-refractivity contribution in [2.24, 2.45) is 5.92 Å². The minimum atomic E-state index is -0.188. The molecule has 0 aliphatic carbocycles. The van der Waals surface area contributed by atoms with Crippen molar-refractivity contribution in [3.63, 3.8) is 0 Å². The fraction of sp³-hybridized carbons (Fsp3) is 0.471. The molecule has 26 heavy (non-hydrogen) atoms. The topological polar surface area (TPSA) is 115 Å². The van der Waals surface area contributed by atoms with Crippen LogP contribution in [-0.2, 0) is 6.42 Å². The molecule has 136 valence electrons. The number of hydrogen-bond acceptors (Lipinski definition) is 6. The first kappa shape index (κ1) is 16.5. The lowest BCUT2D eigenvalue weighted by Crippen LogP contribution is -2.50. The molecule has 4 heterocycles. The van der Waals surface area contributed by atoms with Gasteiger partial charge in [0, 0.05) is 25.3 Å². The highest BCUT2D eigenvalue weighted by molar-refractivity contribution is 5.92. The number of aryl methyl sites for hydroxylation is 1. The van der Waals surface area contributed by atoms with Gasteiger partial charge in [0.25, 0.3) is 5.91 Å². The third kappa shape index (κ3) is 2.89. The Kier molecular flexibility index (Phi) is 4.27. The van der Waals surface area contributed by atoms with Gasteiger partial charge in [0.05, 0.1) is 11.6 Å². The smallest absolute Gasteiger partial charge is 0.273 e. The summed E-state index contributed by atoms with van der Waals surface area (Å²) in [5.41, 5.74) is 2.42. The number of anilines is 1. The van der Waals surface area contributed by atoms with Crippen LogP contribution in [0.3, 0.4) is 0 Å². The molecule has 3 aromatic rings. The molecule has 0 saturated carbocycles. The average Bonchev–Trinajstić information content (AvgIpc) is 3.32. The Bertz CT molecular complexity index is 903. The second-order valence-corrected chi connectivity index (χ2v) is 6.74. The van der Waals surface area contributed by atoms with Crippen LogP contribution in [0.4, 0.5) is 5.82 Å². The number of carbonyl (C=O) groups is 1. The largest absolute Gasteiger partial charge is 0.356 e. The second kappa shape index (κ2) is 6.74. The predicted molar refractivity (Wildman–Crippen MR) is 96.9 cm³/mol. The first-order valence-corrected chi connectivity index (χ1v) is 8.90. The van der Waals surface area contributed by atoms with Crippen LogP contribution in [0.5, 0.6) is 0 Å². The summed E-state index contributed by atoms with van der Waals surface area (Å²) in [4.78, 5) is 26.6. The van der Waals surface area contributed by atoms with Crippen LogP contribution in [0.2, 0.25) is 0 Å². The molecule has 2 unspecified atom stereocenters. The Morgan fingerprint density at radius 2 is 2.31 bits per heavy atom. The van der Waals surface area contributed by atoms with Gasteiger partial charge in [-0.15, -0.1) is 0 Å². The standard InChI is InChI=1S/C17H22N8O/c1-3-11-6-18-15-14(11)16(20-9-19-15)25-5-4-12(10(2)8-25)22-17(26)13-7-21-24-23-13/h6-7,9-10,12H,3-5,8H2,1-2H3,(H,22,26)(H,18,19,20)(H,21,23,24). The minimum Gasteiger partial charge on any atom is -0.356 e. The van der Waals surface area contributed by atoms with Crippen molar-refractivity contribution in [3.8, 4) is 0 Å². The Morgan fingerprint density at radius 1 is 1.42 bits per heavy atom. The van der Waals surface area contributed by atoms with E-state index >= 15 is 0 Å². The van der Waals surface area contributed by atoms with Crippen LogP contribution in [0, 0.1) is 5.92 Å². The van der Waals surface area contributed by atoms with E-state index in [0.29, 0.717) is 5.69 Å². The van der Waals surface area contributed by atoms with E-state index in [9.17, 15) is 4.79 Å². The van der Waals surface area contributed by atoms with Gasteiger partial charge in [-0.25, -0.2) is 9.97 Å². The van der Waals surface area contributed by atoms with E-state index < -0.39 is 0 Å². The van der Waals surface area contributed by atoms with Gasteiger partial charge in [-0.2, -0.15) is 15.4 Å². The molecule has 0 bridgehead atoms. The van der Waals surface area contributed by atoms with Crippen LogP contribution >= 0.6 is 0 Å². The fourth-order valence-corrected chi connectivity index (χ4v) is 3.63. The third-order valence-electron chi connectivity index (χ3n) is 5.08. The zero-order valence-electron chi connectivity index (χ0n) is 14.9. The maximum atomic E-state index is 12.2. The second-order valence-electron chi connectivity index (χ2n) is 6.74. The SMILES string of the molecule is CCc1c[nH]c2ncnc(N3CCC(NC(=O)c4cn[nH]n4)C(C)C3)c12. The van der Waals surface area contributed by atoms with Gasteiger partial charge >= 0.3 is 0 Å². The molecule has 0 spiro atoms. The zero-order chi connectivity index (χ0) is 18.1. The maximum absolute atomic E-state index is 12.2. The Labute approximate surface area is 150 Å². The van der Waals surface area contributed by atoms with Crippen molar-refractivity contribution < 1.29 is 4.79 Å². The summed E-state index contributed by atoms with van der Waals surface area (Å²) in [5.74, 6) is 1.07. The lowest BCUT2D eigenvalue weighted by atomic mass is 9.93. The highest BCUT2D eigenvalue weighted by Gasteiger charge is 2.30. The fourth-order valence-electron chi connectivity index (χ4n) is 3.63. The number of piperidine rings is 1. The van der Waals surface area contributed by atoms with Gasteiger partial charge in [0.2, 0.25) is 0 Å². The van der Waals surface area contributed by atoms with E-state index in [2.05, 4.69) is 54.4 Å². The van der Waals surface area contributed by atoms with E-state index in [0.717, 1.165) is 42.8 Å². The lowest BCUT2D eigenvalue weighted by Gasteiger charge is -2.38. The van der Waals surface area contributed by atoms with Crippen molar-refractivity contribution in [3.05, 3.63) is 30.0 Å². The third-order valence-corrected chi connectivity index (χ3v) is 5.08. The van der Waals surface area contributed by atoms with Gasteiger partial charge in [0.1, 0.15) is 17.8 Å². The number of amides is 1. The molecule has 1 fully saturated rings. The van der Waals surface area contributed by atoms with E-state index in [4.69, 9.17) is 0 Å². The number of rotatable bonds is 4. The lowest BCUT2D eigenvalue weighted by molar-refractivity contribution is 0.0912. The summed E-state index contributed by atoms with van der Waals surface area (Å²) in [5, 5.41) is 14.2. The molecule has 9 heteroatoms. The molecule has 4 rings (SSSR count). The van der Waals surface area contributed by atoms with Crippen molar-refractivity contribution >= 4 is 22.8 Å². The van der Waals surface area contributed by atoms with E-state index in [1.54, 1.807) is 6.33 Å². The quantitative estimate of drug-likeness (QED) is 0.650. The van der Waals surface area contributed by atoms with Crippen LogP contribution in [-0.4, -0.2) is 55.4 Å². The molecular weight excluding hydrogens is 332 g/mol. The number of aromatic nitrogens is 6. The number of aromatic amines is 2. The molecule has 1 amide bonds. The van der Waals surface area contributed by atoms with Gasteiger partial charge < -0.3 is 15.2 Å². The van der Waals surface area contributed by atoms with Gasteiger partial charge in [-0.3, -0.25) is 4.79 Å². The molecule has 1 saturated heterocycles. The molecule has 0 aromatic carbocycles. The number of nitrogens with zero attached hydrogens (tertiary/aromatic N) is 5. The number of hydrogen-bond donors (Lipinski definition) is 3. The van der Waals surface area contributed by atoms with Crippen LogP contribution < -0.4 is 10.2 Å². The van der Waals surface area contributed by atoms with Crippen molar-refractivity contribution in [2.45, 2.75) is 32.7 Å². The number of fused-ring (bicyclic) bond motifs is 1. The minimum absolute atomic E-state index is 0.102. The first-order chi connectivity index (χ1) is 12.7. The van der Waals surface area contributed by atoms with E-state index in [1.807, 2.05) is 6.20 Å². The molecular formula is C17H22N8O. The summed E-state index contributed by atoms with van der Waals surface area (Å²) in [6.45, 7) is 5.93. The van der Waals surface area contributed by atoms with Gasteiger partial charge in [-0.05, 0) is 24.3 Å². The summed E-state index contributed by atoms with van der Waals surface area (Å²) >= 11 is 0. The monoisotopic (exact) mass is 354 g/mol. The Morgan fingerprint density at radius 3 is 3.04 bits per heavy atom. The molecule has 2 atom stereocenters. The van der Waals surface area contributed by atoms with Crippen molar-refractivity contribution in [1.29, 1.82) is 0 Å². The zero-order valence-corrected chi connectivity index (χ0v) is 14.9. The van der Waals surface area contributed by atoms with Crippen molar-refractivity contribution in [1.82, 2.24) is 35.7 Å². The number of H-pyrrole nitrogens is 2. The average molecular weight is 354 g/mol. The summed E-state index contributed by atoms with van der Waals surface area (Å²) in [7, 11) is 0. The molecule has 3 N–H and O–H groups in total. The van der Waals surface area contributed by atoms with Gasteiger partial charge in [-0.1, -0.05) is 13.8 Å². The Hall–Kier alpha value is -2.97. The first-order valence-electron chi connectivity index (χ1n) is 8.90. The van der Waals surface area contributed by atoms with Crippen LogP contribution in [0.1, 0.15) is 36.3 Å². The highest BCUT2D eigenvalue weighted by atomic mass is 16.2. The normalized spacial score (nSPS) is 20.5. The molecule has 0 radical (unpaired) electrons. The maximum Gasteiger partial charge on any atom is 0.273 e. The van der Waals surface area contributed by atoms with Crippen molar-refractivity contribution in [2.75, 3.05) is 18.0 Å². The summed E-state index contributed by atoms with van der Waals surface area (Å²) in [6, 6.07) is 0.102. The van der Waals surface area contributed by atoms with Gasteiger partial charge in [0.15, 0.2) is 5.69 Å². The highest BCUT2D eigenvalue weighted by Crippen LogP contribution is 2.30. The number of nitrogens with one attached hydrogen (secondary N) is 3. The van der Waals surface area contributed by atoms with Crippen LogP contribution in [0.15, 0.2) is 18.7 Å². The molecule has 9 nitrogen and oxygen atoms in total. The molecule has 1 aliphatic rings. The van der Waals surface area contributed by atoms with E-state index in [1.165, 1.54) is 11.8 Å². The van der Waals surface area contributed by atoms with Crippen LogP contribution in [0.25, 0.3) is 11.0 Å². The number of carbonyl (C=O) groups excluding carboxylic acids is 1. The molecule has 1 aliphatic heterocycles. The van der Waals surface area contributed by atoms with E-state index in [-0.39, 0.29) is 17.9 Å². The Balaban J connectivity index is 1.50. The molecule has 3 aromatic heterocycles. The predicted octanol–water partition coefficient (Wildman–Crippen LogP) is 1.28. The summed E-state index contributed by atoms with van der Waals surface area (Å²) < 4.78 is 0.